The number of nitrogens with zero attached hydrogens (tertiary/aromatic N) is 2. The third kappa shape index (κ3) is 2.16. The fraction of sp³-hybridized carbons (Fsp3) is 0.385. The van der Waals surface area contributed by atoms with Crippen LogP contribution in [0.1, 0.15) is 26.3 Å². The van der Waals surface area contributed by atoms with Gasteiger partial charge in [-0.25, -0.2) is 0 Å². The lowest BCUT2D eigenvalue weighted by molar-refractivity contribution is -0.226. The standard InChI is InChI=1S/C13H16N2O3/c1-8(2)18-10-6-4-9(5-7-10)13(3)11(16)14-12(17)15-13/h4-8H,1-3H3,(H2,14,15,16,17)/p-2/t13-/m1/s1. The van der Waals surface area contributed by atoms with Gasteiger partial charge in [0.05, 0.1) is 12.1 Å². The summed E-state index contributed by atoms with van der Waals surface area (Å²) in [7, 11) is 0. The molecular weight excluding hydrogens is 232 g/mol. The zero-order chi connectivity index (χ0) is 13.3. The van der Waals surface area contributed by atoms with Crippen molar-refractivity contribution in [3.8, 4) is 5.75 Å². The Labute approximate surface area is 105 Å². The van der Waals surface area contributed by atoms with E-state index in [1.807, 2.05) is 13.8 Å². The Morgan fingerprint density at radius 2 is 1.78 bits per heavy atom. The van der Waals surface area contributed by atoms with Crippen molar-refractivity contribution in [2.24, 2.45) is 9.98 Å². The normalized spacial score (nSPS) is 22.9. The van der Waals surface area contributed by atoms with Crippen LogP contribution in [-0.2, 0) is 5.54 Å². The van der Waals surface area contributed by atoms with E-state index in [0.717, 1.165) is 0 Å². The Hall–Kier alpha value is -2.04. The van der Waals surface area contributed by atoms with E-state index < -0.39 is 17.5 Å². The molecule has 0 spiro atoms. The van der Waals surface area contributed by atoms with E-state index in [4.69, 9.17) is 4.74 Å². The van der Waals surface area contributed by atoms with E-state index in [9.17, 15) is 10.2 Å². The fourth-order valence-corrected chi connectivity index (χ4v) is 1.78. The predicted octanol–water partition coefficient (Wildman–Crippen LogP) is 0.178. The van der Waals surface area contributed by atoms with Gasteiger partial charge in [-0.05, 0) is 44.4 Å². The lowest BCUT2D eigenvalue weighted by Crippen LogP contribution is -2.37. The van der Waals surface area contributed by atoms with Gasteiger partial charge in [0.2, 0.25) is 0 Å². The first kappa shape index (κ1) is 12.4. The molecule has 0 amide bonds. The lowest BCUT2D eigenvalue weighted by Gasteiger charge is -2.27. The number of rotatable bonds is 3. The summed E-state index contributed by atoms with van der Waals surface area (Å²) in [5.74, 6) is 0.191. The van der Waals surface area contributed by atoms with Crippen molar-refractivity contribution >= 4 is 11.9 Å². The Morgan fingerprint density at radius 3 is 2.22 bits per heavy atom. The SMILES string of the molecule is CC(C)Oc1ccc([C@@]2(C)N=C([O-])N=C2[O-])cc1. The van der Waals surface area contributed by atoms with Crippen molar-refractivity contribution < 1.29 is 14.9 Å². The van der Waals surface area contributed by atoms with Crippen molar-refractivity contribution in [1.82, 2.24) is 0 Å². The highest BCUT2D eigenvalue weighted by Gasteiger charge is 2.29. The largest absolute Gasteiger partial charge is 0.860 e. The van der Waals surface area contributed by atoms with Crippen molar-refractivity contribution in [3.63, 3.8) is 0 Å². The van der Waals surface area contributed by atoms with Crippen LogP contribution in [0.15, 0.2) is 34.3 Å². The Morgan fingerprint density at radius 1 is 1.17 bits per heavy atom. The zero-order valence-electron chi connectivity index (χ0n) is 10.5. The highest BCUT2D eigenvalue weighted by molar-refractivity contribution is 5.98. The van der Waals surface area contributed by atoms with E-state index in [2.05, 4.69) is 9.98 Å². The van der Waals surface area contributed by atoms with Crippen LogP contribution in [0.2, 0.25) is 0 Å². The van der Waals surface area contributed by atoms with Gasteiger partial charge in [-0.15, -0.1) is 0 Å². The molecule has 0 aliphatic carbocycles. The quantitative estimate of drug-likeness (QED) is 0.762. The van der Waals surface area contributed by atoms with Crippen LogP contribution in [0.3, 0.4) is 0 Å². The molecule has 0 unspecified atom stereocenters. The minimum absolute atomic E-state index is 0.0841. The van der Waals surface area contributed by atoms with Crippen molar-refractivity contribution in [1.29, 1.82) is 0 Å². The smallest absolute Gasteiger partial charge is 0.119 e. The average molecular weight is 246 g/mol. The molecule has 0 N–H and O–H groups in total. The molecule has 0 saturated heterocycles. The van der Waals surface area contributed by atoms with Gasteiger partial charge < -0.3 is 14.9 Å². The Kier molecular flexibility index (Phi) is 2.98. The average Bonchev–Trinajstić information content (AvgIpc) is 2.53. The summed E-state index contributed by atoms with van der Waals surface area (Å²) in [4.78, 5) is 7.08. The molecule has 1 aromatic carbocycles. The van der Waals surface area contributed by atoms with Gasteiger partial charge in [0.15, 0.2) is 0 Å². The second-order valence-electron chi connectivity index (χ2n) is 4.57. The van der Waals surface area contributed by atoms with E-state index in [1.54, 1.807) is 31.2 Å². The van der Waals surface area contributed by atoms with Gasteiger partial charge in [-0.1, -0.05) is 12.1 Å². The van der Waals surface area contributed by atoms with Crippen LogP contribution in [0, 0.1) is 0 Å². The molecule has 5 nitrogen and oxygen atoms in total. The molecule has 18 heavy (non-hydrogen) atoms. The summed E-state index contributed by atoms with van der Waals surface area (Å²) in [5, 5.41) is 22.7. The first-order valence-corrected chi connectivity index (χ1v) is 5.72. The maximum Gasteiger partial charge on any atom is 0.119 e. The zero-order valence-corrected chi connectivity index (χ0v) is 10.5. The molecule has 0 radical (unpaired) electrons. The second kappa shape index (κ2) is 4.33. The van der Waals surface area contributed by atoms with Crippen molar-refractivity contribution in [3.05, 3.63) is 29.8 Å². The van der Waals surface area contributed by atoms with Crippen molar-refractivity contribution in [2.45, 2.75) is 32.4 Å². The molecule has 0 saturated carbocycles. The maximum atomic E-state index is 11.7. The molecule has 1 atom stereocenters. The van der Waals surface area contributed by atoms with Crippen LogP contribution < -0.4 is 14.9 Å². The van der Waals surface area contributed by atoms with E-state index in [0.29, 0.717) is 11.3 Å². The van der Waals surface area contributed by atoms with Crippen LogP contribution in [0.25, 0.3) is 0 Å². The fourth-order valence-electron chi connectivity index (χ4n) is 1.78. The van der Waals surface area contributed by atoms with Gasteiger partial charge in [0, 0.05) is 0 Å². The number of ether oxygens (including phenoxy) is 1. The van der Waals surface area contributed by atoms with Gasteiger partial charge >= 0.3 is 0 Å². The van der Waals surface area contributed by atoms with Crippen molar-refractivity contribution in [2.75, 3.05) is 0 Å². The second-order valence-corrected chi connectivity index (χ2v) is 4.57. The molecule has 2 rings (SSSR count). The third-order valence-corrected chi connectivity index (χ3v) is 2.72. The van der Waals surface area contributed by atoms with Gasteiger partial charge in [-0.3, -0.25) is 9.98 Å². The molecule has 1 heterocycles. The van der Waals surface area contributed by atoms with Gasteiger partial charge in [-0.2, -0.15) is 0 Å². The van der Waals surface area contributed by atoms with E-state index in [-0.39, 0.29) is 6.10 Å². The Balaban J connectivity index is 2.28. The number of amidine groups is 1. The van der Waals surface area contributed by atoms with Crippen LogP contribution in [-0.4, -0.2) is 18.0 Å². The Bertz CT molecular complexity index is 505. The molecule has 0 aromatic heterocycles. The molecular formula is C13H14N2O3-2. The highest BCUT2D eigenvalue weighted by atomic mass is 16.5. The van der Waals surface area contributed by atoms with Gasteiger partial charge in [0.25, 0.3) is 0 Å². The minimum Gasteiger partial charge on any atom is -0.860 e. The topological polar surface area (TPSA) is 80.1 Å². The number of hydrogen-bond donors (Lipinski definition) is 0. The summed E-state index contributed by atoms with van der Waals surface area (Å²) >= 11 is 0. The summed E-state index contributed by atoms with van der Waals surface area (Å²) in [6, 6.07) is 6.25. The summed E-state index contributed by atoms with van der Waals surface area (Å²) in [6.07, 6.45) is 0.0841. The molecule has 0 fully saturated rings. The third-order valence-electron chi connectivity index (χ3n) is 2.72. The summed E-state index contributed by atoms with van der Waals surface area (Å²) in [6.45, 7) is 5.45. The minimum atomic E-state index is -1.19. The van der Waals surface area contributed by atoms with Crippen LogP contribution in [0.4, 0.5) is 0 Å². The lowest BCUT2D eigenvalue weighted by atomic mass is 9.93. The first-order chi connectivity index (χ1) is 8.41. The van der Waals surface area contributed by atoms with Crippen LogP contribution >= 0.6 is 0 Å². The summed E-state index contributed by atoms with van der Waals surface area (Å²) in [5.41, 5.74) is -0.550. The number of benzene rings is 1. The first-order valence-electron chi connectivity index (χ1n) is 5.72. The monoisotopic (exact) mass is 246 g/mol. The molecule has 1 aromatic rings. The molecule has 96 valence electrons. The van der Waals surface area contributed by atoms with E-state index >= 15 is 0 Å². The van der Waals surface area contributed by atoms with E-state index in [1.165, 1.54) is 0 Å². The maximum absolute atomic E-state index is 11.7. The predicted molar refractivity (Wildman–Crippen MR) is 64.4 cm³/mol. The number of aliphatic imine (C=N–C) groups is 2. The molecule has 5 heteroatoms. The highest BCUT2D eigenvalue weighted by Crippen LogP contribution is 2.30. The van der Waals surface area contributed by atoms with Gasteiger partial charge in [0.1, 0.15) is 11.3 Å². The summed E-state index contributed by atoms with van der Waals surface area (Å²) < 4.78 is 5.51. The molecule has 1 aliphatic rings. The molecule has 0 bridgehead atoms. The molecule has 1 aliphatic heterocycles. The number of hydrogen-bond acceptors (Lipinski definition) is 5. The van der Waals surface area contributed by atoms with Crippen LogP contribution in [0.5, 0.6) is 5.75 Å².